The smallest absolute Gasteiger partial charge is 0.250 e. The van der Waals surface area contributed by atoms with E-state index in [1.165, 1.54) is 5.55 Å². The Labute approximate surface area is 130 Å². The Hall–Kier alpha value is -0.943. The molecule has 0 saturated carbocycles. The Morgan fingerprint density at radius 3 is 2.19 bits per heavy atom. The molecule has 1 aliphatic heterocycles. The van der Waals surface area contributed by atoms with Crippen molar-refractivity contribution in [3.8, 4) is 11.5 Å². The molecule has 0 N–H and O–H groups in total. The highest BCUT2D eigenvalue weighted by atomic mass is 32.2. The lowest BCUT2D eigenvalue weighted by atomic mass is 10.0. The molecule has 0 fully saturated rings. The molecule has 1 aromatic carbocycles. The van der Waals surface area contributed by atoms with Crippen LogP contribution in [0.1, 0.15) is 37.5 Å². The topological polar surface area (TPSA) is 35.5 Å². The summed E-state index contributed by atoms with van der Waals surface area (Å²) >= 11 is 0. The Balaban J connectivity index is 2.62. The van der Waals surface area contributed by atoms with Crippen LogP contribution in [-0.2, 0) is 14.6 Å². The maximum Gasteiger partial charge on any atom is 0.250 e. The van der Waals surface area contributed by atoms with Crippen molar-refractivity contribution in [2.75, 3.05) is 0 Å². The molecular weight excluding hydrogens is 300 g/mol. The predicted molar refractivity (Wildman–Crippen MR) is 91.5 cm³/mol. The first kappa shape index (κ1) is 16.4. The average molecular weight is 326 g/mol. The van der Waals surface area contributed by atoms with Gasteiger partial charge < -0.3 is 13.4 Å². The molecule has 118 valence electrons. The maximum atomic E-state index is 12.2. The van der Waals surface area contributed by atoms with E-state index in [1.54, 1.807) is 0 Å². The second-order valence-electron chi connectivity index (χ2n) is 7.24. The lowest BCUT2D eigenvalue weighted by molar-refractivity contribution is 0.480. The van der Waals surface area contributed by atoms with E-state index in [0.717, 1.165) is 33.1 Å². The predicted octanol–water partition coefficient (Wildman–Crippen LogP) is 4.47. The molecular formula is C16H25O3SSi-. The number of ether oxygens (including phenoxy) is 1. The van der Waals surface area contributed by atoms with Gasteiger partial charge >= 0.3 is 0 Å². The fourth-order valence-electron chi connectivity index (χ4n) is 2.15. The molecule has 0 bridgehead atoms. The Bertz CT molecular complexity index is 678. The van der Waals surface area contributed by atoms with Crippen molar-refractivity contribution in [1.82, 2.24) is 0 Å². The van der Waals surface area contributed by atoms with Crippen molar-refractivity contribution >= 4 is 24.3 Å². The molecule has 3 nitrogen and oxygen atoms in total. The van der Waals surface area contributed by atoms with Gasteiger partial charge in [-0.05, 0) is 55.6 Å². The van der Waals surface area contributed by atoms with Crippen molar-refractivity contribution in [3.63, 3.8) is 0 Å². The highest BCUT2D eigenvalue weighted by Gasteiger charge is 2.40. The van der Waals surface area contributed by atoms with E-state index < -0.39 is 18.7 Å². The van der Waals surface area contributed by atoms with Gasteiger partial charge in [0.15, 0.2) is 0 Å². The third kappa shape index (κ3) is 2.61. The highest BCUT2D eigenvalue weighted by Crippen LogP contribution is 2.44. The largest absolute Gasteiger partial charge is 0.543 e. The van der Waals surface area contributed by atoms with Crippen molar-refractivity contribution in [3.05, 3.63) is 16.7 Å². The quantitative estimate of drug-likeness (QED) is 0.457. The molecule has 0 aromatic heterocycles. The van der Waals surface area contributed by atoms with Gasteiger partial charge in [-0.3, -0.25) is 0 Å². The number of rotatable bonds is 2. The summed E-state index contributed by atoms with van der Waals surface area (Å²) in [6, 6.07) is 0. The van der Waals surface area contributed by atoms with Crippen LogP contribution >= 0.6 is 0 Å². The molecule has 0 spiro atoms. The van der Waals surface area contributed by atoms with Gasteiger partial charge in [0, 0.05) is 5.55 Å². The van der Waals surface area contributed by atoms with Crippen LogP contribution in [0.15, 0.2) is 4.90 Å². The van der Waals surface area contributed by atoms with E-state index in [4.69, 9.17) is 9.16 Å². The third-order valence-electron chi connectivity index (χ3n) is 4.75. The fourth-order valence-corrected chi connectivity index (χ4v) is 4.33. The zero-order valence-electron chi connectivity index (χ0n) is 14.2. The van der Waals surface area contributed by atoms with E-state index in [9.17, 15) is 4.21 Å². The van der Waals surface area contributed by atoms with Crippen LogP contribution in [-0.4, -0.2) is 13.9 Å². The summed E-state index contributed by atoms with van der Waals surface area (Å²) in [4.78, 5) is 0.770. The molecule has 0 saturated heterocycles. The summed E-state index contributed by atoms with van der Waals surface area (Å²) in [6.45, 7) is 17.2. The first-order chi connectivity index (χ1) is 9.47. The number of hydrogen-bond acceptors (Lipinski definition) is 4. The van der Waals surface area contributed by atoms with Crippen LogP contribution < -0.4 is 9.16 Å². The van der Waals surface area contributed by atoms with Crippen LogP contribution in [0.4, 0.5) is 0 Å². The van der Waals surface area contributed by atoms with Crippen LogP contribution in [0, 0.1) is 20.8 Å². The first-order valence-electron chi connectivity index (χ1n) is 7.20. The van der Waals surface area contributed by atoms with Gasteiger partial charge in [0.05, 0.1) is 0 Å². The zero-order chi connectivity index (χ0) is 16.2. The average Bonchev–Trinajstić information content (AvgIpc) is 2.73. The number of hydrogen-bond donors (Lipinski definition) is 0. The Kier molecular flexibility index (Phi) is 3.96. The second-order valence-corrected chi connectivity index (χ2v) is 13.2. The molecule has 1 aromatic rings. The lowest BCUT2D eigenvalue weighted by Gasteiger charge is -2.38. The van der Waals surface area contributed by atoms with Crippen molar-refractivity contribution < 1.29 is 13.4 Å². The van der Waals surface area contributed by atoms with Gasteiger partial charge in [-0.15, -0.1) is 0 Å². The fraction of sp³-hybridized carbons (Fsp3) is 0.562. The zero-order valence-corrected chi connectivity index (χ0v) is 16.0. The maximum absolute atomic E-state index is 12.2. The summed E-state index contributed by atoms with van der Waals surface area (Å²) < 4.78 is 24.2. The molecule has 0 atom stereocenters. The van der Waals surface area contributed by atoms with Crippen LogP contribution in [0.3, 0.4) is 0 Å². The van der Waals surface area contributed by atoms with Gasteiger partial charge in [-0.25, -0.2) is 10.4 Å². The van der Waals surface area contributed by atoms with E-state index in [1.807, 2.05) is 13.8 Å². The van der Waals surface area contributed by atoms with E-state index >= 15 is 0 Å². The Morgan fingerprint density at radius 2 is 1.67 bits per heavy atom. The number of fused-ring (bicyclic) bond motifs is 1. The second kappa shape index (κ2) is 5.06. The number of benzene rings is 1. The van der Waals surface area contributed by atoms with Gasteiger partial charge in [0.25, 0.3) is 0 Å². The molecule has 0 radical (unpaired) electrons. The normalized spacial score (nSPS) is 15.4. The minimum Gasteiger partial charge on any atom is -0.543 e. The molecule has 0 amide bonds. The highest BCUT2D eigenvalue weighted by molar-refractivity contribution is 7.83. The molecule has 1 heterocycles. The first-order valence-corrected chi connectivity index (χ1v) is 11.3. The van der Waals surface area contributed by atoms with Gasteiger partial charge in [-0.1, -0.05) is 25.7 Å². The summed E-state index contributed by atoms with van der Waals surface area (Å²) in [7, 11) is -3.14. The Morgan fingerprint density at radius 1 is 1.10 bits per heavy atom. The van der Waals surface area contributed by atoms with E-state index in [2.05, 4.69) is 40.8 Å². The SMILES string of the molecule is Cc1c(C)c2c(c(C)c1O[Si](C)(C)C(C)(C)C)[S-](=O)=CO2. The molecule has 0 unspecified atom stereocenters. The van der Waals surface area contributed by atoms with Crippen LogP contribution in [0.2, 0.25) is 18.1 Å². The van der Waals surface area contributed by atoms with Crippen molar-refractivity contribution in [2.45, 2.75) is 64.6 Å². The molecule has 2 rings (SSSR count). The standard InChI is InChI=1S/C16H25O3SSi/c1-10-11(2)14-15(20(17)9-18-14)12(3)13(10)19-21(7,8)16(4,5)6/h9H,1-8H3/q-1. The molecule has 5 heteroatoms. The van der Waals surface area contributed by atoms with Gasteiger partial charge in [-0.2, -0.15) is 0 Å². The van der Waals surface area contributed by atoms with Crippen LogP contribution in [0.25, 0.3) is 0 Å². The summed E-state index contributed by atoms with van der Waals surface area (Å²) in [5.74, 6) is 1.64. The van der Waals surface area contributed by atoms with Crippen LogP contribution in [0.5, 0.6) is 11.5 Å². The third-order valence-corrected chi connectivity index (χ3v) is 10.2. The lowest BCUT2D eigenvalue weighted by Crippen LogP contribution is -2.44. The molecule has 1 aliphatic rings. The van der Waals surface area contributed by atoms with E-state index in [0.29, 0.717) is 0 Å². The minimum absolute atomic E-state index is 0.126. The van der Waals surface area contributed by atoms with Gasteiger partial charge in [0.2, 0.25) is 8.32 Å². The summed E-state index contributed by atoms with van der Waals surface area (Å²) in [5.41, 5.74) is 4.46. The molecule has 0 aliphatic carbocycles. The minimum atomic E-state index is -1.94. The van der Waals surface area contributed by atoms with Gasteiger partial charge in [0.1, 0.15) is 11.5 Å². The molecule has 21 heavy (non-hydrogen) atoms. The monoisotopic (exact) mass is 325 g/mol. The van der Waals surface area contributed by atoms with Crippen molar-refractivity contribution in [1.29, 1.82) is 0 Å². The summed E-state index contributed by atoms with van der Waals surface area (Å²) in [5, 5.41) is 0.126. The van der Waals surface area contributed by atoms with Crippen molar-refractivity contribution in [2.24, 2.45) is 0 Å². The van der Waals surface area contributed by atoms with E-state index in [-0.39, 0.29) is 5.04 Å². The summed E-state index contributed by atoms with van der Waals surface area (Å²) in [6.07, 6.45) is 0.